The van der Waals surface area contributed by atoms with E-state index in [1.54, 1.807) is 30.5 Å². The van der Waals surface area contributed by atoms with Crippen LogP contribution in [0.2, 0.25) is 0 Å². The highest BCUT2D eigenvalue weighted by Crippen LogP contribution is 2.40. The van der Waals surface area contributed by atoms with Gasteiger partial charge in [-0.2, -0.15) is 0 Å². The maximum Gasteiger partial charge on any atom is 0.251 e. The third-order valence-electron chi connectivity index (χ3n) is 6.42. The number of nitrogens with zero attached hydrogens (tertiary/aromatic N) is 2. The number of thioether (sulfide) groups is 1. The van der Waals surface area contributed by atoms with Crippen LogP contribution >= 0.6 is 11.8 Å². The van der Waals surface area contributed by atoms with Crippen molar-refractivity contribution in [2.45, 2.75) is 56.1 Å². The molecule has 3 atom stereocenters. The monoisotopic (exact) mass is 426 g/mol. The first-order valence-electron chi connectivity index (χ1n) is 10.9. The van der Waals surface area contributed by atoms with Crippen molar-refractivity contribution >= 4 is 29.3 Å². The molecule has 3 unspecified atom stereocenters. The highest BCUT2D eigenvalue weighted by atomic mass is 32.2. The van der Waals surface area contributed by atoms with Gasteiger partial charge in [0.1, 0.15) is 0 Å². The van der Waals surface area contributed by atoms with Crippen molar-refractivity contribution in [1.29, 1.82) is 0 Å². The average Bonchev–Trinajstić information content (AvgIpc) is 3.17. The number of aromatic nitrogens is 2. The molecule has 2 N–H and O–H groups in total. The zero-order valence-corrected chi connectivity index (χ0v) is 18.3. The number of rotatable bonds is 6. The standard InChI is InChI=1S/C23H30N4O2S/c1-27-13-12-24-23(27)30-15-21(28)25-19-9-7-17(8-10-19)22(29)26-20-11-6-16-4-2-3-5-18(16)14-20/h7-10,12-13,16,18,20H,2-6,11,14-15H2,1H3,(H,25,28)(H,26,29). The van der Waals surface area contributed by atoms with Gasteiger partial charge in [0.25, 0.3) is 5.91 Å². The van der Waals surface area contributed by atoms with Crippen molar-refractivity contribution in [2.24, 2.45) is 18.9 Å². The number of hydrogen-bond donors (Lipinski definition) is 2. The Labute approximate surface area is 182 Å². The molecule has 2 aliphatic carbocycles. The number of hydrogen-bond acceptors (Lipinski definition) is 4. The molecule has 1 aromatic carbocycles. The van der Waals surface area contributed by atoms with Crippen molar-refractivity contribution in [3.8, 4) is 0 Å². The largest absolute Gasteiger partial charge is 0.349 e. The van der Waals surface area contributed by atoms with Crippen LogP contribution in [0.25, 0.3) is 0 Å². The van der Waals surface area contributed by atoms with Crippen molar-refractivity contribution < 1.29 is 9.59 Å². The molecule has 4 rings (SSSR count). The van der Waals surface area contributed by atoms with Gasteiger partial charge in [0.2, 0.25) is 5.91 Å². The fourth-order valence-electron chi connectivity index (χ4n) is 4.80. The van der Waals surface area contributed by atoms with Crippen LogP contribution in [0.15, 0.2) is 41.8 Å². The predicted molar refractivity (Wildman–Crippen MR) is 120 cm³/mol. The van der Waals surface area contributed by atoms with E-state index in [4.69, 9.17) is 0 Å². The van der Waals surface area contributed by atoms with Gasteiger partial charge in [-0.25, -0.2) is 4.98 Å². The normalized spacial score (nSPS) is 23.4. The van der Waals surface area contributed by atoms with Gasteiger partial charge >= 0.3 is 0 Å². The lowest BCUT2D eigenvalue weighted by Crippen LogP contribution is -2.41. The maximum absolute atomic E-state index is 12.7. The Bertz CT molecular complexity index is 880. The minimum Gasteiger partial charge on any atom is -0.349 e. The minimum atomic E-state index is -0.0931. The van der Waals surface area contributed by atoms with Crippen LogP contribution in [0.3, 0.4) is 0 Å². The molecule has 0 spiro atoms. The lowest BCUT2D eigenvalue weighted by Gasteiger charge is -2.39. The molecule has 2 aliphatic rings. The van der Waals surface area contributed by atoms with Gasteiger partial charge in [0.05, 0.1) is 5.75 Å². The molecule has 6 nitrogen and oxygen atoms in total. The van der Waals surface area contributed by atoms with Crippen LogP contribution in [-0.4, -0.2) is 33.2 Å². The number of amides is 2. The van der Waals surface area contributed by atoms with E-state index in [2.05, 4.69) is 15.6 Å². The number of anilines is 1. The summed E-state index contributed by atoms with van der Waals surface area (Å²) >= 11 is 1.39. The van der Waals surface area contributed by atoms with E-state index in [-0.39, 0.29) is 17.6 Å². The third kappa shape index (κ3) is 5.25. The van der Waals surface area contributed by atoms with E-state index < -0.39 is 0 Å². The van der Waals surface area contributed by atoms with E-state index >= 15 is 0 Å². The molecule has 7 heteroatoms. The quantitative estimate of drug-likeness (QED) is 0.678. The highest BCUT2D eigenvalue weighted by Gasteiger charge is 2.32. The molecule has 0 radical (unpaired) electrons. The number of nitrogens with one attached hydrogen (secondary N) is 2. The lowest BCUT2D eigenvalue weighted by molar-refractivity contribution is -0.113. The number of benzene rings is 1. The molecule has 0 bridgehead atoms. The summed E-state index contributed by atoms with van der Waals surface area (Å²) in [7, 11) is 1.90. The van der Waals surface area contributed by atoms with Crippen molar-refractivity contribution in [2.75, 3.05) is 11.1 Å². The van der Waals surface area contributed by atoms with Crippen LogP contribution < -0.4 is 10.6 Å². The Morgan fingerprint density at radius 2 is 1.87 bits per heavy atom. The average molecular weight is 427 g/mol. The van der Waals surface area contributed by atoms with E-state index in [1.165, 1.54) is 43.9 Å². The molecule has 1 heterocycles. The first kappa shape index (κ1) is 21.0. The third-order valence-corrected chi connectivity index (χ3v) is 7.47. The summed E-state index contributed by atoms with van der Waals surface area (Å²) in [5, 5.41) is 6.91. The molecule has 0 saturated heterocycles. The topological polar surface area (TPSA) is 76.0 Å². The number of aryl methyl sites for hydroxylation is 1. The highest BCUT2D eigenvalue weighted by molar-refractivity contribution is 7.99. The van der Waals surface area contributed by atoms with E-state index in [1.807, 2.05) is 17.8 Å². The van der Waals surface area contributed by atoms with Gasteiger partial charge in [-0.05, 0) is 55.4 Å². The summed E-state index contributed by atoms with van der Waals surface area (Å²) in [6.45, 7) is 0. The number of carbonyl (C=O) groups excluding carboxylic acids is 2. The lowest BCUT2D eigenvalue weighted by atomic mass is 9.69. The van der Waals surface area contributed by atoms with Gasteiger partial charge in [0.15, 0.2) is 5.16 Å². The molecular weight excluding hydrogens is 396 g/mol. The Morgan fingerprint density at radius 3 is 2.60 bits per heavy atom. The summed E-state index contributed by atoms with van der Waals surface area (Å²) in [4.78, 5) is 29.0. The molecule has 2 amide bonds. The zero-order chi connectivity index (χ0) is 20.9. The molecule has 2 aromatic rings. The number of carbonyl (C=O) groups is 2. The first-order valence-corrected chi connectivity index (χ1v) is 11.9. The van der Waals surface area contributed by atoms with Crippen LogP contribution in [0.4, 0.5) is 5.69 Å². The molecule has 2 saturated carbocycles. The summed E-state index contributed by atoms with van der Waals surface area (Å²) in [5.41, 5.74) is 1.33. The predicted octanol–water partition coefficient (Wildman–Crippen LogP) is 4.24. The Kier molecular flexibility index (Phi) is 6.77. The fraction of sp³-hybridized carbons (Fsp3) is 0.522. The van der Waals surface area contributed by atoms with Gasteiger partial charge in [-0.1, -0.05) is 37.4 Å². The van der Waals surface area contributed by atoms with Gasteiger partial charge < -0.3 is 15.2 Å². The molecule has 1 aromatic heterocycles. The zero-order valence-electron chi connectivity index (χ0n) is 17.5. The van der Waals surface area contributed by atoms with Crippen LogP contribution in [0.5, 0.6) is 0 Å². The summed E-state index contributed by atoms with van der Waals surface area (Å²) in [6, 6.07) is 7.43. The second kappa shape index (κ2) is 9.69. The SMILES string of the molecule is Cn1ccnc1SCC(=O)Nc1ccc(C(=O)NC2CCC3CCCCC3C2)cc1. The smallest absolute Gasteiger partial charge is 0.251 e. The Hall–Kier alpha value is -2.28. The van der Waals surface area contributed by atoms with Gasteiger partial charge in [-0.15, -0.1) is 0 Å². The van der Waals surface area contributed by atoms with Gasteiger partial charge in [0, 0.05) is 36.7 Å². The number of fused-ring (bicyclic) bond motifs is 1. The Balaban J connectivity index is 1.25. The van der Waals surface area contributed by atoms with Crippen molar-refractivity contribution in [3.63, 3.8) is 0 Å². The summed E-state index contributed by atoms with van der Waals surface area (Å²) in [5.74, 6) is 1.85. The summed E-state index contributed by atoms with van der Waals surface area (Å²) < 4.78 is 1.88. The molecule has 2 fully saturated rings. The molecular formula is C23H30N4O2S. The first-order chi connectivity index (χ1) is 14.6. The second-order valence-electron chi connectivity index (χ2n) is 8.52. The van der Waals surface area contributed by atoms with Gasteiger partial charge in [-0.3, -0.25) is 9.59 Å². The van der Waals surface area contributed by atoms with Crippen LogP contribution in [0, 0.1) is 11.8 Å². The Morgan fingerprint density at radius 1 is 1.10 bits per heavy atom. The molecule has 30 heavy (non-hydrogen) atoms. The second-order valence-corrected chi connectivity index (χ2v) is 9.47. The van der Waals surface area contributed by atoms with E-state index in [0.29, 0.717) is 17.3 Å². The molecule has 0 aliphatic heterocycles. The fourth-order valence-corrected chi connectivity index (χ4v) is 5.53. The maximum atomic E-state index is 12.7. The van der Waals surface area contributed by atoms with E-state index in [9.17, 15) is 9.59 Å². The summed E-state index contributed by atoms with van der Waals surface area (Å²) in [6.07, 6.45) is 12.4. The molecule has 160 valence electrons. The van der Waals surface area contributed by atoms with Crippen LogP contribution in [-0.2, 0) is 11.8 Å². The number of imidazole rings is 1. The van der Waals surface area contributed by atoms with E-state index in [0.717, 1.165) is 29.8 Å². The van der Waals surface area contributed by atoms with Crippen molar-refractivity contribution in [1.82, 2.24) is 14.9 Å². The van der Waals surface area contributed by atoms with Crippen LogP contribution in [0.1, 0.15) is 55.3 Å². The van der Waals surface area contributed by atoms with Crippen molar-refractivity contribution in [3.05, 3.63) is 42.2 Å². The minimum absolute atomic E-state index is 0.0162.